The second-order valence-electron chi connectivity index (χ2n) is 7.98. The molecule has 29 heavy (non-hydrogen) atoms. The summed E-state index contributed by atoms with van der Waals surface area (Å²) in [4.78, 5) is 6.80. The maximum atomic E-state index is 5.96. The average Bonchev–Trinajstić information content (AvgIpc) is 3.34. The molecule has 3 aliphatic rings. The third-order valence-electron chi connectivity index (χ3n) is 6.03. The Balaban J connectivity index is 0.00000240. The van der Waals surface area contributed by atoms with Crippen LogP contribution < -0.4 is 5.32 Å². The molecular weight excluding hydrogens is 483 g/mol. The van der Waals surface area contributed by atoms with E-state index in [0.29, 0.717) is 0 Å². The number of morpholine rings is 1. The minimum Gasteiger partial charge on any atom is -0.375 e. The molecule has 0 aromatic carbocycles. The van der Waals surface area contributed by atoms with Gasteiger partial charge in [-0.25, -0.2) is 0 Å². The predicted octanol–water partition coefficient (Wildman–Crippen LogP) is 2.01. The highest BCUT2D eigenvalue weighted by Gasteiger charge is 2.32. The first-order valence-corrected chi connectivity index (χ1v) is 10.9. The van der Waals surface area contributed by atoms with Gasteiger partial charge in [-0.2, -0.15) is 0 Å². The molecule has 3 aliphatic heterocycles. The molecule has 0 bridgehead atoms. The first-order chi connectivity index (χ1) is 13.8. The molecule has 1 aromatic heterocycles. The number of guanidine groups is 1. The Morgan fingerprint density at radius 2 is 2.00 bits per heavy atom. The van der Waals surface area contributed by atoms with E-state index in [1.165, 1.54) is 25.1 Å². The third-order valence-corrected chi connectivity index (χ3v) is 6.03. The van der Waals surface area contributed by atoms with Gasteiger partial charge in [-0.15, -0.1) is 34.2 Å². The van der Waals surface area contributed by atoms with Crippen molar-refractivity contribution < 1.29 is 9.47 Å². The lowest BCUT2D eigenvalue weighted by molar-refractivity contribution is -0.0816. The Kier molecular flexibility index (Phi) is 8.98. The molecule has 164 valence electrons. The normalized spacial score (nSPS) is 25.3. The Hall–Kier alpha value is -0.940. The molecule has 0 radical (unpaired) electrons. The molecule has 8 nitrogen and oxygen atoms in total. The van der Waals surface area contributed by atoms with E-state index >= 15 is 0 Å². The lowest BCUT2D eigenvalue weighted by atomic mass is 10.1. The van der Waals surface area contributed by atoms with E-state index in [1.807, 2.05) is 7.05 Å². The van der Waals surface area contributed by atoms with Gasteiger partial charge in [0.25, 0.3) is 0 Å². The minimum absolute atomic E-state index is 0. The fourth-order valence-electron chi connectivity index (χ4n) is 4.50. The standard InChI is InChI=1S/C20H34N6O2.HI/c1-21-20(25-12-14-28-17(15-25)16-7-6-13-27-16)22-10-5-9-19-24-23-18-8-3-2-4-11-26(18)19;/h16-17H,2-15H2,1H3,(H,21,22);1H. The van der Waals surface area contributed by atoms with Gasteiger partial charge in [0.1, 0.15) is 17.8 Å². The zero-order valence-electron chi connectivity index (χ0n) is 17.5. The van der Waals surface area contributed by atoms with Gasteiger partial charge in [-0.05, 0) is 32.1 Å². The smallest absolute Gasteiger partial charge is 0.193 e. The van der Waals surface area contributed by atoms with Gasteiger partial charge in [0, 0.05) is 52.7 Å². The van der Waals surface area contributed by atoms with Gasteiger partial charge in [0.15, 0.2) is 5.96 Å². The number of aliphatic imine (C=N–C) groups is 1. The van der Waals surface area contributed by atoms with Crippen molar-refractivity contribution in [2.24, 2.45) is 4.99 Å². The van der Waals surface area contributed by atoms with Crippen molar-refractivity contribution in [1.29, 1.82) is 0 Å². The van der Waals surface area contributed by atoms with Crippen molar-refractivity contribution >= 4 is 29.9 Å². The molecular formula is C20H35IN6O2. The third kappa shape index (κ3) is 5.81. The summed E-state index contributed by atoms with van der Waals surface area (Å²) in [6.07, 6.45) is 9.47. The van der Waals surface area contributed by atoms with Crippen LogP contribution in [0.25, 0.3) is 0 Å². The highest BCUT2D eigenvalue weighted by Crippen LogP contribution is 2.21. The number of aromatic nitrogens is 3. The molecule has 2 saturated heterocycles. The minimum atomic E-state index is 0. The number of nitrogens with zero attached hydrogens (tertiary/aromatic N) is 5. The number of halogens is 1. The Bertz CT molecular complexity index is 661. The number of hydrogen-bond acceptors (Lipinski definition) is 5. The van der Waals surface area contributed by atoms with Crippen LogP contribution in [0.5, 0.6) is 0 Å². The van der Waals surface area contributed by atoms with Gasteiger partial charge in [-0.1, -0.05) is 6.42 Å². The Morgan fingerprint density at radius 3 is 2.83 bits per heavy atom. The SMILES string of the molecule is CN=C(NCCCc1nnc2n1CCCCC2)N1CCOC(C2CCCO2)C1.I. The molecule has 9 heteroatoms. The van der Waals surface area contributed by atoms with Crippen molar-refractivity contribution in [2.75, 3.05) is 39.9 Å². The van der Waals surface area contributed by atoms with Gasteiger partial charge < -0.3 is 24.3 Å². The summed E-state index contributed by atoms with van der Waals surface area (Å²) in [6, 6.07) is 0. The van der Waals surface area contributed by atoms with Crippen LogP contribution in [0.3, 0.4) is 0 Å². The molecule has 1 N–H and O–H groups in total. The van der Waals surface area contributed by atoms with Crippen LogP contribution in [0.4, 0.5) is 0 Å². The number of nitrogens with one attached hydrogen (secondary N) is 1. The quantitative estimate of drug-likeness (QED) is 0.278. The van der Waals surface area contributed by atoms with E-state index in [-0.39, 0.29) is 36.2 Å². The summed E-state index contributed by atoms with van der Waals surface area (Å²) >= 11 is 0. The second-order valence-corrected chi connectivity index (χ2v) is 7.98. The topological polar surface area (TPSA) is 76.8 Å². The largest absolute Gasteiger partial charge is 0.375 e. The van der Waals surface area contributed by atoms with E-state index in [1.54, 1.807) is 0 Å². The van der Waals surface area contributed by atoms with Gasteiger partial charge in [0.2, 0.25) is 0 Å². The van der Waals surface area contributed by atoms with Crippen molar-refractivity contribution in [3.8, 4) is 0 Å². The second kappa shape index (κ2) is 11.5. The van der Waals surface area contributed by atoms with Gasteiger partial charge in [0.05, 0.1) is 12.7 Å². The number of ether oxygens (including phenoxy) is 2. The fourth-order valence-corrected chi connectivity index (χ4v) is 4.50. The van der Waals surface area contributed by atoms with Crippen LogP contribution >= 0.6 is 24.0 Å². The van der Waals surface area contributed by atoms with E-state index < -0.39 is 0 Å². The van der Waals surface area contributed by atoms with E-state index in [2.05, 4.69) is 30.0 Å². The summed E-state index contributed by atoms with van der Waals surface area (Å²) < 4.78 is 14.1. The maximum Gasteiger partial charge on any atom is 0.193 e. The van der Waals surface area contributed by atoms with E-state index in [0.717, 1.165) is 83.3 Å². The maximum absolute atomic E-state index is 5.96. The number of rotatable bonds is 5. The molecule has 0 saturated carbocycles. The first-order valence-electron chi connectivity index (χ1n) is 10.9. The summed E-state index contributed by atoms with van der Waals surface area (Å²) in [7, 11) is 1.86. The zero-order valence-corrected chi connectivity index (χ0v) is 19.8. The summed E-state index contributed by atoms with van der Waals surface area (Å²) in [5.74, 6) is 3.27. The molecule has 4 rings (SSSR count). The Labute approximate surface area is 190 Å². The average molecular weight is 518 g/mol. The van der Waals surface area contributed by atoms with Crippen molar-refractivity contribution in [3.63, 3.8) is 0 Å². The van der Waals surface area contributed by atoms with Gasteiger partial charge >= 0.3 is 0 Å². The van der Waals surface area contributed by atoms with Crippen LogP contribution in [0.1, 0.15) is 50.2 Å². The van der Waals surface area contributed by atoms with E-state index in [9.17, 15) is 0 Å². The zero-order chi connectivity index (χ0) is 19.2. The van der Waals surface area contributed by atoms with Crippen molar-refractivity contribution in [1.82, 2.24) is 25.0 Å². The molecule has 2 unspecified atom stereocenters. The highest BCUT2D eigenvalue weighted by molar-refractivity contribution is 14.0. The first kappa shape index (κ1) is 22.7. The van der Waals surface area contributed by atoms with Crippen LogP contribution in [0.15, 0.2) is 4.99 Å². The molecule has 1 aromatic rings. The van der Waals surface area contributed by atoms with Crippen LogP contribution in [0, 0.1) is 0 Å². The summed E-state index contributed by atoms with van der Waals surface area (Å²) in [5, 5.41) is 12.4. The number of aryl methyl sites for hydroxylation is 2. The van der Waals surface area contributed by atoms with E-state index in [4.69, 9.17) is 9.47 Å². The molecule has 0 aliphatic carbocycles. The fraction of sp³-hybridized carbons (Fsp3) is 0.850. The lowest BCUT2D eigenvalue weighted by Crippen LogP contribution is -2.53. The molecule has 2 fully saturated rings. The molecule has 0 spiro atoms. The molecule has 4 heterocycles. The monoisotopic (exact) mass is 518 g/mol. The van der Waals surface area contributed by atoms with Gasteiger partial charge in [-0.3, -0.25) is 4.99 Å². The van der Waals surface area contributed by atoms with Crippen molar-refractivity contribution in [2.45, 2.75) is 70.1 Å². The summed E-state index contributed by atoms with van der Waals surface area (Å²) in [6.45, 7) is 5.28. The van der Waals surface area contributed by atoms with Crippen LogP contribution in [-0.4, -0.2) is 77.7 Å². The summed E-state index contributed by atoms with van der Waals surface area (Å²) in [5.41, 5.74) is 0. The predicted molar refractivity (Wildman–Crippen MR) is 123 cm³/mol. The molecule has 2 atom stereocenters. The van der Waals surface area contributed by atoms with Crippen LogP contribution in [0.2, 0.25) is 0 Å². The number of hydrogen-bond donors (Lipinski definition) is 1. The Morgan fingerprint density at radius 1 is 1.10 bits per heavy atom. The highest BCUT2D eigenvalue weighted by atomic mass is 127. The molecule has 0 amide bonds. The van der Waals surface area contributed by atoms with Crippen LogP contribution in [-0.2, 0) is 28.9 Å². The number of fused-ring (bicyclic) bond motifs is 1. The van der Waals surface area contributed by atoms with Crippen molar-refractivity contribution in [3.05, 3.63) is 11.6 Å². The lowest BCUT2D eigenvalue weighted by Gasteiger charge is -2.37.